The molecule has 158 valence electrons. The third-order valence-corrected chi connectivity index (χ3v) is 7.37. The Hall–Kier alpha value is -2.32. The number of nitrogens with zero attached hydrogens (tertiary/aromatic N) is 5. The quantitative estimate of drug-likeness (QED) is 0.544. The standard InChI is InChI=1S/C22H27N5O2S/c1-24-11-13-25(14-12-24)27-19-8-4-6-17(19)21(23-22(27)29)30-15-20(28)26-10-9-16-5-2-3-7-18(16)26/h2-3,5,7H,4,6,8-15H2,1H3. The Bertz CT molecular complexity index is 1030. The molecule has 0 atom stereocenters. The number of likely N-dealkylation sites (N-methyl/N-ethyl adjacent to an activating group) is 1. The Morgan fingerprint density at radius 1 is 1.07 bits per heavy atom. The van der Waals surface area contributed by atoms with Gasteiger partial charge in [-0.2, -0.15) is 4.98 Å². The first-order valence-electron chi connectivity index (χ1n) is 10.7. The summed E-state index contributed by atoms with van der Waals surface area (Å²) in [5, 5.41) is 2.89. The van der Waals surface area contributed by atoms with Crippen LogP contribution in [0, 0.1) is 0 Å². The summed E-state index contributed by atoms with van der Waals surface area (Å²) in [4.78, 5) is 34.4. The number of fused-ring (bicyclic) bond motifs is 2. The molecule has 1 aromatic heterocycles. The van der Waals surface area contributed by atoms with E-state index in [1.165, 1.54) is 17.3 Å². The number of anilines is 1. The van der Waals surface area contributed by atoms with Gasteiger partial charge < -0.3 is 14.8 Å². The van der Waals surface area contributed by atoms with E-state index in [1.54, 1.807) is 0 Å². The molecule has 1 amide bonds. The number of aromatic nitrogens is 2. The highest BCUT2D eigenvalue weighted by molar-refractivity contribution is 8.00. The topological polar surface area (TPSA) is 61.7 Å². The van der Waals surface area contributed by atoms with E-state index in [2.05, 4.69) is 28.0 Å². The lowest BCUT2D eigenvalue weighted by atomic mass is 10.2. The predicted octanol–water partition coefficient (Wildman–Crippen LogP) is 1.30. The van der Waals surface area contributed by atoms with Crippen molar-refractivity contribution in [3.63, 3.8) is 0 Å². The number of rotatable bonds is 4. The van der Waals surface area contributed by atoms with Crippen LogP contribution in [0.5, 0.6) is 0 Å². The van der Waals surface area contributed by atoms with Gasteiger partial charge in [-0.15, -0.1) is 0 Å². The third-order valence-electron chi connectivity index (χ3n) is 6.36. The summed E-state index contributed by atoms with van der Waals surface area (Å²) < 4.78 is 1.82. The monoisotopic (exact) mass is 425 g/mol. The third kappa shape index (κ3) is 3.52. The van der Waals surface area contributed by atoms with Gasteiger partial charge in [0.2, 0.25) is 5.91 Å². The molecule has 0 radical (unpaired) electrons. The molecular formula is C22H27N5O2S. The lowest BCUT2D eigenvalue weighted by Gasteiger charge is -2.35. The van der Waals surface area contributed by atoms with Crippen molar-refractivity contribution in [2.24, 2.45) is 0 Å². The van der Waals surface area contributed by atoms with Crippen molar-refractivity contribution >= 4 is 23.4 Å². The van der Waals surface area contributed by atoms with Gasteiger partial charge in [0.25, 0.3) is 0 Å². The fraction of sp³-hybridized carbons (Fsp3) is 0.500. The smallest absolute Gasteiger partial charge is 0.311 e. The van der Waals surface area contributed by atoms with Crippen LogP contribution in [0.1, 0.15) is 23.2 Å². The van der Waals surface area contributed by atoms with E-state index in [9.17, 15) is 9.59 Å². The zero-order valence-corrected chi connectivity index (χ0v) is 18.2. The molecule has 1 fully saturated rings. The molecule has 0 bridgehead atoms. The summed E-state index contributed by atoms with van der Waals surface area (Å²) in [5.74, 6) is 0.396. The molecule has 7 nitrogen and oxygen atoms in total. The minimum absolute atomic E-state index is 0.0849. The van der Waals surface area contributed by atoms with Gasteiger partial charge in [-0.3, -0.25) is 4.79 Å². The lowest BCUT2D eigenvalue weighted by Crippen LogP contribution is -2.54. The van der Waals surface area contributed by atoms with Crippen LogP contribution in [-0.2, 0) is 24.1 Å². The summed E-state index contributed by atoms with van der Waals surface area (Å²) in [6.07, 6.45) is 3.77. The van der Waals surface area contributed by atoms with Crippen LogP contribution in [0.15, 0.2) is 34.1 Å². The Balaban J connectivity index is 1.35. The van der Waals surface area contributed by atoms with Crippen LogP contribution in [0.2, 0.25) is 0 Å². The van der Waals surface area contributed by atoms with Gasteiger partial charge in [-0.25, -0.2) is 9.47 Å². The first-order chi connectivity index (χ1) is 14.6. The van der Waals surface area contributed by atoms with Crippen molar-refractivity contribution < 1.29 is 4.79 Å². The van der Waals surface area contributed by atoms with E-state index in [0.717, 1.165) is 80.4 Å². The van der Waals surface area contributed by atoms with E-state index in [4.69, 9.17) is 0 Å². The molecule has 1 aromatic carbocycles. The summed E-state index contributed by atoms with van der Waals surface area (Å²) in [6, 6.07) is 8.09. The summed E-state index contributed by atoms with van der Waals surface area (Å²) in [5.41, 5.74) is 4.30. The first kappa shape index (κ1) is 19.6. The lowest BCUT2D eigenvalue weighted by molar-refractivity contribution is -0.116. The van der Waals surface area contributed by atoms with E-state index >= 15 is 0 Å². The predicted molar refractivity (Wildman–Crippen MR) is 119 cm³/mol. The molecule has 8 heteroatoms. The van der Waals surface area contributed by atoms with Crippen molar-refractivity contribution in [1.29, 1.82) is 0 Å². The molecule has 0 N–H and O–H groups in total. The number of thioether (sulfide) groups is 1. The van der Waals surface area contributed by atoms with Gasteiger partial charge in [-0.05, 0) is 44.4 Å². The van der Waals surface area contributed by atoms with Crippen molar-refractivity contribution in [2.75, 3.05) is 55.4 Å². The van der Waals surface area contributed by atoms with Crippen LogP contribution < -0.4 is 15.6 Å². The summed E-state index contributed by atoms with van der Waals surface area (Å²) in [7, 11) is 2.11. The maximum absolute atomic E-state index is 12.9. The maximum Gasteiger partial charge on any atom is 0.367 e. The number of amides is 1. The highest BCUT2D eigenvalue weighted by Gasteiger charge is 2.28. The Labute approximate surface area is 180 Å². The number of piperazine rings is 1. The van der Waals surface area contributed by atoms with E-state index in [1.807, 2.05) is 27.8 Å². The highest BCUT2D eigenvalue weighted by Crippen LogP contribution is 2.32. The fourth-order valence-electron chi connectivity index (χ4n) is 4.72. The number of para-hydroxylation sites is 1. The average molecular weight is 426 g/mol. The van der Waals surface area contributed by atoms with E-state index < -0.39 is 0 Å². The van der Waals surface area contributed by atoms with Gasteiger partial charge in [0, 0.05) is 44.0 Å². The number of hydrogen-bond donors (Lipinski definition) is 0. The molecule has 5 rings (SSSR count). The molecule has 2 aromatic rings. The molecule has 2 aliphatic heterocycles. The Kier molecular flexibility index (Phi) is 5.28. The Morgan fingerprint density at radius 3 is 2.70 bits per heavy atom. The van der Waals surface area contributed by atoms with E-state index in [0.29, 0.717) is 5.75 Å². The van der Waals surface area contributed by atoms with Crippen molar-refractivity contribution in [1.82, 2.24) is 14.6 Å². The molecule has 1 aliphatic carbocycles. The second-order valence-electron chi connectivity index (χ2n) is 8.26. The minimum atomic E-state index is -0.207. The van der Waals surface area contributed by atoms with Crippen molar-refractivity contribution in [3.05, 3.63) is 51.6 Å². The zero-order chi connectivity index (χ0) is 20.7. The molecule has 0 unspecified atom stereocenters. The van der Waals surface area contributed by atoms with Crippen LogP contribution in [-0.4, -0.2) is 66.0 Å². The van der Waals surface area contributed by atoms with Gasteiger partial charge in [0.15, 0.2) is 0 Å². The second kappa shape index (κ2) is 8.07. The van der Waals surface area contributed by atoms with Gasteiger partial charge in [0.1, 0.15) is 5.03 Å². The fourth-order valence-corrected chi connectivity index (χ4v) is 5.67. The van der Waals surface area contributed by atoms with E-state index in [-0.39, 0.29) is 11.6 Å². The maximum atomic E-state index is 12.9. The van der Waals surface area contributed by atoms with Crippen LogP contribution in [0.3, 0.4) is 0 Å². The second-order valence-corrected chi connectivity index (χ2v) is 9.22. The molecule has 3 heterocycles. The van der Waals surface area contributed by atoms with Crippen LogP contribution in [0.25, 0.3) is 0 Å². The zero-order valence-electron chi connectivity index (χ0n) is 17.3. The SMILES string of the molecule is CN1CCN(n2c3c(c(SCC(=O)N4CCc5ccccc54)nc2=O)CCC3)CC1. The number of benzene rings is 1. The van der Waals surface area contributed by atoms with Gasteiger partial charge >= 0.3 is 5.69 Å². The highest BCUT2D eigenvalue weighted by atomic mass is 32.2. The van der Waals surface area contributed by atoms with Crippen molar-refractivity contribution in [2.45, 2.75) is 30.7 Å². The molecule has 0 spiro atoms. The average Bonchev–Trinajstić information content (AvgIpc) is 3.40. The number of carbonyl (C=O) groups excluding carboxylic acids is 1. The normalized spacial score (nSPS) is 18.6. The van der Waals surface area contributed by atoms with Crippen molar-refractivity contribution in [3.8, 4) is 0 Å². The molecule has 3 aliphatic rings. The van der Waals surface area contributed by atoms with Gasteiger partial charge in [0.05, 0.1) is 11.4 Å². The van der Waals surface area contributed by atoms with Gasteiger partial charge in [-0.1, -0.05) is 30.0 Å². The molecule has 30 heavy (non-hydrogen) atoms. The summed E-state index contributed by atoms with van der Waals surface area (Å²) in [6.45, 7) is 4.30. The number of carbonyl (C=O) groups is 1. The largest absolute Gasteiger partial charge is 0.367 e. The summed E-state index contributed by atoms with van der Waals surface area (Å²) >= 11 is 1.42. The van der Waals surface area contributed by atoms with Crippen LogP contribution >= 0.6 is 11.8 Å². The first-order valence-corrected chi connectivity index (χ1v) is 11.7. The Morgan fingerprint density at radius 2 is 1.87 bits per heavy atom. The van der Waals surface area contributed by atoms with Crippen LogP contribution in [0.4, 0.5) is 5.69 Å². The molecular weight excluding hydrogens is 398 g/mol. The molecule has 0 saturated carbocycles. The molecule has 1 saturated heterocycles. The minimum Gasteiger partial charge on any atom is -0.311 e. The number of hydrogen-bond acceptors (Lipinski definition) is 6.